The number of guanidine groups is 2. The number of hydrogen-bond donors (Lipinski definition) is 15. The number of benzene rings is 2. The van der Waals surface area contributed by atoms with E-state index in [2.05, 4.69) is 57.5 Å². The lowest BCUT2D eigenvalue weighted by atomic mass is 10.0. The van der Waals surface area contributed by atoms with Gasteiger partial charge in [-0.1, -0.05) is 48.5 Å². The summed E-state index contributed by atoms with van der Waals surface area (Å²) in [6, 6.07) is 5.08. The van der Waals surface area contributed by atoms with Crippen molar-refractivity contribution >= 4 is 76.0 Å². The van der Waals surface area contributed by atoms with E-state index in [4.69, 9.17) is 22.9 Å². The van der Waals surface area contributed by atoms with Crippen molar-refractivity contribution in [3.63, 3.8) is 0 Å². The Kier molecular flexibility index (Phi) is 23.1. The van der Waals surface area contributed by atoms with E-state index in [1.54, 1.807) is 54.7 Å². The van der Waals surface area contributed by atoms with Crippen molar-refractivity contribution in [3.8, 4) is 0 Å². The number of aliphatic hydroxyl groups excluding tert-OH is 1. The number of aliphatic hydroxyl groups is 1. The van der Waals surface area contributed by atoms with Crippen LogP contribution in [0.5, 0.6) is 0 Å². The molecule has 3 aromatic rings. The molecule has 0 bridgehead atoms. The monoisotopic (exact) mass is 1030 g/mol. The average molecular weight is 1030 g/mol. The standard InChI is InChI=1S/C48H69N15O11/c1-26(64)39-45(72)62-35(22-28-12-4-3-5-13-28)42(69)58-33(18-11-21-55-48(51)52)41(68)60-36(23-29-25-56-31-15-7-6-14-30(29)31)43(70)59-34(46(73)74)16-8-9-19-53-38(66)24-37(44(71)63-39)61-40(67)32(57-27(2)65)17-10-20-54-47(49)50/h3-7,12-15,25-26,32-37,39,56,64H,8-11,16-24H2,1-2H3,(H,53,66)(H,57,65)(H,58,69)(H,59,70)(H,60,68)(H,61,67)(H,62,72)(H,63,71)(H,73,74)(H4,49,50,54)(H4,51,52,55). The van der Waals surface area contributed by atoms with Crippen molar-refractivity contribution in [2.24, 2.45) is 32.9 Å². The van der Waals surface area contributed by atoms with E-state index in [1.807, 2.05) is 6.07 Å². The smallest absolute Gasteiger partial charge is 0.326 e. The fraction of sp³-hybridized carbons (Fsp3) is 0.479. The van der Waals surface area contributed by atoms with E-state index in [9.17, 15) is 53.4 Å². The molecule has 8 atom stereocenters. The number of aromatic nitrogens is 1. The van der Waals surface area contributed by atoms with Crippen LogP contribution in [0.15, 0.2) is 70.8 Å². The summed E-state index contributed by atoms with van der Waals surface area (Å²) < 4.78 is 0. The summed E-state index contributed by atoms with van der Waals surface area (Å²) in [5, 5.41) is 42.4. The summed E-state index contributed by atoms with van der Waals surface area (Å²) in [6.45, 7) is 2.41. The average Bonchev–Trinajstić information content (AvgIpc) is 3.75. The van der Waals surface area contributed by atoms with Gasteiger partial charge in [-0.3, -0.25) is 48.3 Å². The predicted octanol–water partition coefficient (Wildman–Crippen LogP) is -3.37. The number of carboxylic acid groups (broad SMARTS) is 1. The fourth-order valence-electron chi connectivity index (χ4n) is 8.01. The maximum Gasteiger partial charge on any atom is 0.326 e. The molecule has 0 spiro atoms. The van der Waals surface area contributed by atoms with Crippen molar-refractivity contribution in [1.82, 2.24) is 47.5 Å². The molecule has 0 radical (unpaired) electrons. The molecule has 26 nitrogen and oxygen atoms in total. The Hall–Kier alpha value is -8.29. The van der Waals surface area contributed by atoms with Crippen molar-refractivity contribution in [1.29, 1.82) is 0 Å². The molecule has 2 heterocycles. The van der Waals surface area contributed by atoms with Gasteiger partial charge in [-0.05, 0) is 69.1 Å². The molecule has 19 N–H and O–H groups in total. The number of fused-ring (bicyclic) bond motifs is 1. The van der Waals surface area contributed by atoms with Crippen LogP contribution in [0.3, 0.4) is 0 Å². The molecule has 1 aromatic heterocycles. The van der Waals surface area contributed by atoms with Gasteiger partial charge in [0.2, 0.25) is 47.3 Å². The second-order valence-electron chi connectivity index (χ2n) is 17.8. The minimum absolute atomic E-state index is 0.00632. The summed E-state index contributed by atoms with van der Waals surface area (Å²) in [5.41, 5.74) is 23.8. The molecular weight excluding hydrogens is 963 g/mol. The molecule has 8 unspecified atom stereocenters. The summed E-state index contributed by atoms with van der Waals surface area (Å²) >= 11 is 0. The first-order chi connectivity index (χ1) is 35.2. The minimum atomic E-state index is -1.81. The van der Waals surface area contributed by atoms with Gasteiger partial charge in [0, 0.05) is 56.5 Å². The Bertz CT molecular complexity index is 2490. The maximum absolute atomic E-state index is 14.5. The number of aromatic amines is 1. The number of aliphatic carboxylic acids is 1. The van der Waals surface area contributed by atoms with E-state index >= 15 is 0 Å². The number of H-pyrrole nitrogens is 1. The molecular formula is C48H69N15O11. The van der Waals surface area contributed by atoms with Gasteiger partial charge in [0.25, 0.3) is 0 Å². The van der Waals surface area contributed by atoms with Gasteiger partial charge < -0.3 is 80.7 Å². The number of aliphatic imine (C=N–C) groups is 2. The Labute approximate surface area is 426 Å². The van der Waals surface area contributed by atoms with Crippen LogP contribution >= 0.6 is 0 Å². The second-order valence-corrected chi connectivity index (χ2v) is 17.8. The number of amides is 8. The third-order valence-electron chi connectivity index (χ3n) is 11.8. The highest BCUT2D eigenvalue weighted by Crippen LogP contribution is 2.20. The number of carbonyl (C=O) groups is 9. The van der Waals surface area contributed by atoms with E-state index in [-0.39, 0.29) is 89.3 Å². The van der Waals surface area contributed by atoms with Crippen LogP contribution in [0.4, 0.5) is 0 Å². The maximum atomic E-state index is 14.5. The third kappa shape index (κ3) is 19.4. The summed E-state index contributed by atoms with van der Waals surface area (Å²) in [4.78, 5) is 134. The van der Waals surface area contributed by atoms with Crippen LogP contribution in [0.25, 0.3) is 10.9 Å². The molecule has 0 aliphatic carbocycles. The number of hydrogen-bond acceptors (Lipinski definition) is 12. The predicted molar refractivity (Wildman–Crippen MR) is 272 cm³/mol. The second kappa shape index (κ2) is 29.3. The Morgan fingerprint density at radius 1 is 0.743 bits per heavy atom. The van der Waals surface area contributed by atoms with Gasteiger partial charge in [0.15, 0.2) is 11.9 Å². The largest absolute Gasteiger partial charge is 0.480 e. The number of para-hydroxylation sites is 1. The highest BCUT2D eigenvalue weighted by atomic mass is 16.4. The molecule has 402 valence electrons. The summed E-state index contributed by atoms with van der Waals surface area (Å²) in [5.74, 6) is -8.88. The van der Waals surface area contributed by atoms with Gasteiger partial charge in [0.05, 0.1) is 12.5 Å². The molecule has 1 saturated heterocycles. The van der Waals surface area contributed by atoms with E-state index < -0.39 is 108 Å². The van der Waals surface area contributed by atoms with Crippen LogP contribution in [0.2, 0.25) is 0 Å². The first-order valence-corrected chi connectivity index (χ1v) is 24.2. The molecule has 4 rings (SSSR count). The first-order valence-electron chi connectivity index (χ1n) is 24.2. The fourth-order valence-corrected chi connectivity index (χ4v) is 8.01. The third-order valence-corrected chi connectivity index (χ3v) is 11.8. The SMILES string of the molecule is CC(=O)NC(CCCN=C(N)N)C(=O)NC1CC(=O)NCCCCC(C(=O)O)NC(=O)C(Cc2c[nH]c3ccccc23)NC(=O)C(CCCN=C(N)N)NC(=O)C(Cc2ccccc2)NC(=O)C(C(C)O)NC1=O. The molecule has 1 fully saturated rings. The van der Waals surface area contributed by atoms with Crippen LogP contribution < -0.4 is 65.5 Å². The molecule has 1 aliphatic heterocycles. The molecule has 1 aliphatic rings. The molecule has 2 aromatic carbocycles. The molecule has 74 heavy (non-hydrogen) atoms. The van der Waals surface area contributed by atoms with Crippen molar-refractivity contribution in [2.75, 3.05) is 19.6 Å². The number of rotatable bonds is 17. The zero-order valence-electron chi connectivity index (χ0n) is 41.4. The molecule has 26 heteroatoms. The molecule has 8 amide bonds. The number of nitrogens with zero attached hydrogens (tertiary/aromatic N) is 2. The topological polar surface area (TPSA) is 435 Å². The number of carboxylic acids is 1. The minimum Gasteiger partial charge on any atom is -0.480 e. The van der Waals surface area contributed by atoms with E-state index in [0.29, 0.717) is 11.1 Å². The number of nitrogens with two attached hydrogens (primary N) is 4. The van der Waals surface area contributed by atoms with Gasteiger partial charge in [-0.2, -0.15) is 0 Å². The van der Waals surface area contributed by atoms with Crippen molar-refractivity contribution < 1.29 is 53.4 Å². The zero-order valence-corrected chi connectivity index (χ0v) is 41.4. The van der Waals surface area contributed by atoms with Crippen LogP contribution in [0.1, 0.15) is 76.3 Å². The van der Waals surface area contributed by atoms with Crippen LogP contribution in [-0.2, 0) is 56.0 Å². The van der Waals surface area contributed by atoms with E-state index in [1.165, 1.54) is 13.8 Å². The van der Waals surface area contributed by atoms with Gasteiger partial charge >= 0.3 is 5.97 Å². The Balaban J connectivity index is 1.76. The van der Waals surface area contributed by atoms with E-state index in [0.717, 1.165) is 10.9 Å². The summed E-state index contributed by atoms with van der Waals surface area (Å²) in [6.07, 6.45) is -0.588. The van der Waals surface area contributed by atoms with Crippen molar-refractivity contribution in [3.05, 3.63) is 71.9 Å². The molecule has 0 saturated carbocycles. The highest BCUT2D eigenvalue weighted by molar-refractivity contribution is 5.99. The lowest BCUT2D eigenvalue weighted by molar-refractivity contribution is -0.142. The lowest BCUT2D eigenvalue weighted by Gasteiger charge is -2.28. The Morgan fingerprint density at radius 2 is 1.35 bits per heavy atom. The first kappa shape index (κ1) is 58.3. The number of nitrogens with one attached hydrogen (secondary N) is 9. The highest BCUT2D eigenvalue weighted by Gasteiger charge is 2.36. The summed E-state index contributed by atoms with van der Waals surface area (Å²) in [7, 11) is 0. The van der Waals surface area contributed by atoms with Gasteiger partial charge in [-0.25, -0.2) is 4.79 Å². The Morgan fingerprint density at radius 3 is 2.01 bits per heavy atom. The van der Waals surface area contributed by atoms with Crippen LogP contribution in [-0.4, -0.2) is 148 Å². The van der Waals surface area contributed by atoms with Crippen molar-refractivity contribution in [2.45, 2.75) is 126 Å². The van der Waals surface area contributed by atoms with Crippen LogP contribution in [0, 0.1) is 0 Å². The number of carbonyl (C=O) groups excluding carboxylic acids is 8. The van der Waals surface area contributed by atoms with Gasteiger partial charge in [0.1, 0.15) is 42.3 Å². The lowest BCUT2D eigenvalue weighted by Crippen LogP contribution is -2.62. The van der Waals surface area contributed by atoms with Gasteiger partial charge in [-0.15, -0.1) is 0 Å². The normalized spacial score (nSPS) is 21.7. The quantitative estimate of drug-likeness (QED) is 0.0357. The zero-order chi connectivity index (χ0) is 54.3.